The maximum atomic E-state index is 13.2. The van der Waals surface area contributed by atoms with E-state index in [0.29, 0.717) is 16.4 Å². The lowest BCUT2D eigenvalue weighted by Crippen LogP contribution is -2.56. The third-order valence-electron chi connectivity index (χ3n) is 4.69. The van der Waals surface area contributed by atoms with Crippen molar-refractivity contribution in [2.24, 2.45) is 5.41 Å². The van der Waals surface area contributed by atoms with Crippen molar-refractivity contribution in [2.45, 2.75) is 25.9 Å². The zero-order valence-corrected chi connectivity index (χ0v) is 16.8. The van der Waals surface area contributed by atoms with Gasteiger partial charge in [-0.05, 0) is 24.3 Å². The molecule has 0 radical (unpaired) electrons. The van der Waals surface area contributed by atoms with E-state index in [9.17, 15) is 9.59 Å². The molecule has 1 N–H and O–H groups in total. The highest BCUT2D eigenvalue weighted by molar-refractivity contribution is 7.11. The van der Waals surface area contributed by atoms with Crippen molar-refractivity contribution < 1.29 is 19.1 Å². The van der Waals surface area contributed by atoms with Crippen LogP contribution in [0.4, 0.5) is 5.69 Å². The Hall–Kier alpha value is -2.51. The lowest BCUT2D eigenvalue weighted by Gasteiger charge is -2.42. The van der Waals surface area contributed by atoms with Crippen LogP contribution in [0.1, 0.15) is 30.1 Å². The normalized spacial score (nSPS) is 13.5. The largest absolute Gasteiger partial charge is 0.497 e. The molecule has 0 aliphatic heterocycles. The van der Waals surface area contributed by atoms with Crippen LogP contribution in [0, 0.1) is 5.41 Å². The van der Waals surface area contributed by atoms with Crippen molar-refractivity contribution in [3.63, 3.8) is 0 Å². The summed E-state index contributed by atoms with van der Waals surface area (Å²) in [5.41, 5.74) is -1.69. The van der Waals surface area contributed by atoms with Gasteiger partial charge in [-0.25, -0.2) is 4.98 Å². The van der Waals surface area contributed by atoms with Crippen LogP contribution in [0.5, 0.6) is 5.75 Å². The van der Waals surface area contributed by atoms with Crippen molar-refractivity contribution in [2.75, 3.05) is 19.5 Å². The number of amides is 1. The second kappa shape index (κ2) is 8.45. The van der Waals surface area contributed by atoms with Gasteiger partial charge in [0.2, 0.25) is 0 Å². The highest BCUT2D eigenvalue weighted by Gasteiger charge is 2.52. The number of nitrogens with one attached hydrogen (secondary N) is 1. The Kier molecular flexibility index (Phi) is 6.51. The number of hydrogen-bond donors (Lipinski definition) is 1. The number of ether oxygens (including phenoxy) is 2. The van der Waals surface area contributed by atoms with E-state index in [0.717, 1.165) is 0 Å². The molecule has 1 aromatic heterocycles. The molecule has 0 aliphatic rings. The molecule has 1 heterocycles. The van der Waals surface area contributed by atoms with E-state index in [1.54, 1.807) is 49.0 Å². The number of anilines is 1. The van der Waals surface area contributed by atoms with E-state index < -0.39 is 16.9 Å². The van der Waals surface area contributed by atoms with Crippen LogP contribution >= 0.6 is 11.3 Å². The summed E-state index contributed by atoms with van der Waals surface area (Å²) in [6.07, 6.45) is 3.03. The Morgan fingerprint density at radius 2 is 1.93 bits per heavy atom. The van der Waals surface area contributed by atoms with E-state index in [4.69, 9.17) is 9.47 Å². The summed E-state index contributed by atoms with van der Waals surface area (Å²) in [6, 6.07) is 6.92. The van der Waals surface area contributed by atoms with Gasteiger partial charge < -0.3 is 14.8 Å². The summed E-state index contributed by atoms with van der Waals surface area (Å²) in [5, 5.41) is 4.90. The quantitative estimate of drug-likeness (QED) is 0.520. The topological polar surface area (TPSA) is 77.5 Å². The maximum absolute atomic E-state index is 13.2. The number of thiazole rings is 1. The van der Waals surface area contributed by atoms with Crippen LogP contribution in [0.3, 0.4) is 0 Å². The molecule has 0 spiro atoms. The van der Waals surface area contributed by atoms with Gasteiger partial charge in [-0.15, -0.1) is 17.9 Å². The van der Waals surface area contributed by atoms with Gasteiger partial charge in [0.25, 0.3) is 5.91 Å². The van der Waals surface area contributed by atoms with Crippen LogP contribution in [-0.4, -0.2) is 36.5 Å². The van der Waals surface area contributed by atoms with Crippen LogP contribution < -0.4 is 10.1 Å². The molecule has 1 aromatic carbocycles. The molecule has 6 nitrogen and oxygen atoms in total. The lowest BCUT2D eigenvalue weighted by molar-refractivity contribution is -0.149. The molecule has 0 saturated heterocycles. The predicted molar refractivity (Wildman–Crippen MR) is 106 cm³/mol. The van der Waals surface area contributed by atoms with Crippen molar-refractivity contribution in [3.8, 4) is 5.75 Å². The van der Waals surface area contributed by atoms with Crippen LogP contribution in [0.25, 0.3) is 0 Å². The first kappa shape index (κ1) is 20.8. The summed E-state index contributed by atoms with van der Waals surface area (Å²) in [6.45, 7) is 7.45. The van der Waals surface area contributed by atoms with Crippen molar-refractivity contribution in [1.29, 1.82) is 0 Å². The number of ketones is 1. The third kappa shape index (κ3) is 4.26. The summed E-state index contributed by atoms with van der Waals surface area (Å²) >= 11 is 1.23. The number of rotatable bonds is 9. The van der Waals surface area contributed by atoms with E-state index in [1.807, 2.05) is 13.8 Å². The number of nitrogens with zero attached hydrogens (tertiary/aromatic N) is 1. The van der Waals surface area contributed by atoms with Crippen LogP contribution in [0.15, 0.2) is 48.5 Å². The molecule has 1 amide bonds. The summed E-state index contributed by atoms with van der Waals surface area (Å²) in [7, 11) is 2.99. The van der Waals surface area contributed by atoms with Crippen LogP contribution in [-0.2, 0) is 9.53 Å². The number of Topliss-reactive ketones (excluding diaryl/α,β-unsaturated/α-hetero) is 1. The standard InChI is InChI=1S/C20H24N2O4S/c1-6-19(2,3)20(26-5,13-16(23)17-21-11-12-27-17)18(24)22-14-7-9-15(25-4)10-8-14/h6-12H,1,13H2,2-5H3,(H,22,24)/t20-/m1/s1. The minimum absolute atomic E-state index is 0.155. The first-order valence-electron chi connectivity index (χ1n) is 8.36. The molecule has 0 aliphatic carbocycles. The Labute approximate surface area is 163 Å². The van der Waals surface area contributed by atoms with Crippen molar-refractivity contribution >= 4 is 28.7 Å². The van der Waals surface area contributed by atoms with Gasteiger partial charge in [0, 0.05) is 29.8 Å². The molecule has 0 saturated carbocycles. The fourth-order valence-electron chi connectivity index (χ4n) is 2.76. The summed E-state index contributed by atoms with van der Waals surface area (Å²) in [4.78, 5) is 30.0. The van der Waals surface area contributed by atoms with Crippen molar-refractivity contribution in [1.82, 2.24) is 4.98 Å². The smallest absolute Gasteiger partial charge is 0.257 e. The zero-order valence-electron chi connectivity index (χ0n) is 15.9. The van der Waals surface area contributed by atoms with E-state index in [-0.39, 0.29) is 12.2 Å². The van der Waals surface area contributed by atoms with E-state index >= 15 is 0 Å². The molecular weight excluding hydrogens is 364 g/mol. The second-order valence-corrected chi connectivity index (χ2v) is 7.47. The average Bonchev–Trinajstić information content (AvgIpc) is 3.21. The summed E-state index contributed by atoms with van der Waals surface area (Å²) < 4.78 is 10.8. The summed E-state index contributed by atoms with van der Waals surface area (Å²) in [5.74, 6) is -0.00648. The molecule has 0 unspecified atom stereocenters. The fraction of sp³-hybridized carbons (Fsp3) is 0.350. The van der Waals surface area contributed by atoms with E-state index in [2.05, 4.69) is 16.9 Å². The molecule has 1 atom stereocenters. The number of benzene rings is 1. The van der Waals surface area contributed by atoms with Gasteiger partial charge >= 0.3 is 0 Å². The molecule has 144 valence electrons. The second-order valence-electron chi connectivity index (χ2n) is 6.58. The zero-order chi connectivity index (χ0) is 20.1. The Morgan fingerprint density at radius 1 is 1.26 bits per heavy atom. The van der Waals surface area contributed by atoms with Crippen LogP contribution in [0.2, 0.25) is 0 Å². The van der Waals surface area contributed by atoms with Gasteiger partial charge in [0.15, 0.2) is 16.4 Å². The van der Waals surface area contributed by atoms with Gasteiger partial charge in [0.05, 0.1) is 13.5 Å². The lowest BCUT2D eigenvalue weighted by atomic mass is 9.71. The molecule has 27 heavy (non-hydrogen) atoms. The van der Waals surface area contributed by atoms with Gasteiger partial charge in [-0.2, -0.15) is 0 Å². The Morgan fingerprint density at radius 3 is 2.41 bits per heavy atom. The maximum Gasteiger partial charge on any atom is 0.257 e. The van der Waals surface area contributed by atoms with Gasteiger partial charge in [0.1, 0.15) is 5.75 Å². The molecule has 2 rings (SSSR count). The van der Waals surface area contributed by atoms with E-state index in [1.165, 1.54) is 18.4 Å². The first-order valence-corrected chi connectivity index (χ1v) is 9.24. The van der Waals surface area contributed by atoms with Crippen molar-refractivity contribution in [3.05, 3.63) is 53.5 Å². The fourth-order valence-corrected chi connectivity index (χ4v) is 3.34. The molecule has 2 aromatic rings. The highest BCUT2D eigenvalue weighted by atomic mass is 32.1. The molecular formula is C20H24N2O4S. The molecule has 7 heteroatoms. The Balaban J connectivity index is 2.36. The SMILES string of the molecule is C=CC(C)(C)[C@](CC(=O)c1nccs1)(OC)C(=O)Nc1ccc(OC)cc1. The Bertz CT molecular complexity index is 800. The number of methoxy groups -OCH3 is 2. The minimum atomic E-state index is -1.45. The monoisotopic (exact) mass is 388 g/mol. The predicted octanol–water partition coefficient (Wildman–Crippen LogP) is 3.96. The average molecular weight is 388 g/mol. The number of hydrogen-bond acceptors (Lipinski definition) is 6. The minimum Gasteiger partial charge on any atom is -0.497 e. The van der Waals surface area contributed by atoms with Gasteiger partial charge in [-0.1, -0.05) is 19.9 Å². The van der Waals surface area contributed by atoms with Gasteiger partial charge in [-0.3, -0.25) is 9.59 Å². The first-order chi connectivity index (χ1) is 12.8. The number of carbonyl (C=O) groups excluding carboxylic acids is 2. The number of carbonyl (C=O) groups is 2. The molecule has 0 fully saturated rings. The molecule has 0 bridgehead atoms. The number of aromatic nitrogens is 1. The highest BCUT2D eigenvalue weighted by Crippen LogP contribution is 2.40. The third-order valence-corrected chi connectivity index (χ3v) is 5.51.